The van der Waals surface area contributed by atoms with E-state index in [1.165, 1.54) is 17.7 Å². The SMILES string of the molecule is CC(c1ccc(NS(C)(=O)=O)c(F)c1)N(Cc1ccc(C(C)(C)C)cc1)C(N)=S. The quantitative estimate of drug-likeness (QED) is 0.659. The van der Waals surface area contributed by atoms with Crippen molar-refractivity contribution in [1.82, 2.24) is 4.90 Å². The Morgan fingerprint density at radius 3 is 2.24 bits per heavy atom. The van der Waals surface area contributed by atoms with Gasteiger partial charge < -0.3 is 10.6 Å². The minimum absolute atomic E-state index is 0.0634. The lowest BCUT2D eigenvalue weighted by Gasteiger charge is -2.30. The van der Waals surface area contributed by atoms with Crippen LogP contribution < -0.4 is 10.5 Å². The van der Waals surface area contributed by atoms with Gasteiger partial charge in [-0.3, -0.25) is 4.72 Å². The van der Waals surface area contributed by atoms with Gasteiger partial charge in [-0.15, -0.1) is 0 Å². The summed E-state index contributed by atoms with van der Waals surface area (Å²) in [5.41, 5.74) is 8.82. The molecule has 8 heteroatoms. The number of thiocarbonyl (C=S) groups is 1. The molecule has 0 fully saturated rings. The third kappa shape index (κ3) is 6.40. The first-order valence-corrected chi connectivity index (χ1v) is 11.5. The van der Waals surface area contributed by atoms with Crippen LogP contribution in [-0.2, 0) is 22.0 Å². The zero-order valence-electron chi connectivity index (χ0n) is 17.4. The number of benzene rings is 2. The van der Waals surface area contributed by atoms with Crippen LogP contribution in [0.25, 0.3) is 0 Å². The largest absolute Gasteiger partial charge is 0.376 e. The van der Waals surface area contributed by atoms with Crippen LogP contribution in [0, 0.1) is 5.82 Å². The van der Waals surface area contributed by atoms with Crippen LogP contribution in [0.1, 0.15) is 50.4 Å². The van der Waals surface area contributed by atoms with Crippen LogP contribution in [0.15, 0.2) is 42.5 Å². The Balaban J connectivity index is 2.24. The Labute approximate surface area is 178 Å². The molecule has 29 heavy (non-hydrogen) atoms. The lowest BCUT2D eigenvalue weighted by atomic mass is 9.86. The number of sulfonamides is 1. The van der Waals surface area contributed by atoms with Gasteiger partial charge in [0.1, 0.15) is 5.82 Å². The fraction of sp³-hybridized carbons (Fsp3) is 0.381. The molecule has 0 saturated carbocycles. The first kappa shape index (κ1) is 23.1. The average molecular weight is 438 g/mol. The molecule has 0 radical (unpaired) electrons. The molecule has 3 N–H and O–H groups in total. The molecule has 0 spiro atoms. The highest BCUT2D eigenvalue weighted by atomic mass is 32.2. The summed E-state index contributed by atoms with van der Waals surface area (Å²) in [6.45, 7) is 8.82. The lowest BCUT2D eigenvalue weighted by Crippen LogP contribution is -2.37. The van der Waals surface area contributed by atoms with Gasteiger partial charge in [-0.25, -0.2) is 12.8 Å². The topological polar surface area (TPSA) is 75.4 Å². The third-order valence-corrected chi connectivity index (χ3v) is 5.52. The van der Waals surface area contributed by atoms with E-state index in [1.807, 2.05) is 19.1 Å². The molecule has 0 heterocycles. The molecule has 0 aromatic heterocycles. The predicted molar refractivity (Wildman–Crippen MR) is 121 cm³/mol. The lowest BCUT2D eigenvalue weighted by molar-refractivity contribution is 0.331. The van der Waals surface area contributed by atoms with Gasteiger partial charge in [0.25, 0.3) is 0 Å². The molecule has 2 aromatic rings. The van der Waals surface area contributed by atoms with E-state index < -0.39 is 15.8 Å². The molecule has 0 saturated heterocycles. The Hall–Kier alpha value is -2.19. The standard InChI is InChI=1S/C21H28FN3O2S2/c1-14(16-8-11-19(18(22)12-16)24-29(5,26)27)25(20(23)28)13-15-6-9-17(10-7-15)21(2,3)4/h6-12,14,24H,13H2,1-5H3,(H2,23,28). The number of halogens is 1. The van der Waals surface area contributed by atoms with Crippen molar-refractivity contribution in [3.8, 4) is 0 Å². The average Bonchev–Trinajstić information content (AvgIpc) is 2.59. The first-order chi connectivity index (χ1) is 13.3. The van der Waals surface area contributed by atoms with E-state index in [0.717, 1.165) is 11.8 Å². The smallest absolute Gasteiger partial charge is 0.229 e. The fourth-order valence-corrected chi connectivity index (χ4v) is 3.75. The summed E-state index contributed by atoms with van der Waals surface area (Å²) in [6.07, 6.45) is 0.975. The van der Waals surface area contributed by atoms with Crippen molar-refractivity contribution in [2.75, 3.05) is 11.0 Å². The van der Waals surface area contributed by atoms with Crippen molar-refractivity contribution in [2.24, 2.45) is 5.73 Å². The van der Waals surface area contributed by atoms with Crippen LogP contribution in [0.3, 0.4) is 0 Å². The minimum atomic E-state index is -3.56. The van der Waals surface area contributed by atoms with Gasteiger partial charge in [0.05, 0.1) is 18.0 Å². The molecule has 2 rings (SSSR count). The van der Waals surface area contributed by atoms with E-state index in [2.05, 4.69) is 37.6 Å². The second kappa shape index (κ2) is 8.67. The summed E-state index contributed by atoms with van der Waals surface area (Å²) in [4.78, 5) is 1.81. The second-order valence-electron chi connectivity index (χ2n) is 8.20. The molecule has 5 nitrogen and oxygen atoms in total. The van der Waals surface area contributed by atoms with Gasteiger partial charge in [0, 0.05) is 6.54 Å². The summed E-state index contributed by atoms with van der Waals surface area (Å²) in [6, 6.07) is 12.3. The van der Waals surface area contributed by atoms with Crippen LogP contribution in [-0.4, -0.2) is 24.7 Å². The maximum absolute atomic E-state index is 14.4. The Kier molecular flexibility index (Phi) is 6.90. The molecule has 0 aliphatic carbocycles. The van der Waals surface area contributed by atoms with E-state index in [9.17, 15) is 12.8 Å². The van der Waals surface area contributed by atoms with E-state index in [1.54, 1.807) is 11.0 Å². The molecular formula is C21H28FN3O2S2. The van der Waals surface area contributed by atoms with Gasteiger partial charge in [0.2, 0.25) is 10.0 Å². The van der Waals surface area contributed by atoms with Gasteiger partial charge in [-0.2, -0.15) is 0 Å². The number of nitrogens with two attached hydrogens (primary N) is 1. The number of hydrogen-bond acceptors (Lipinski definition) is 3. The van der Waals surface area contributed by atoms with E-state index in [0.29, 0.717) is 12.1 Å². The molecule has 0 bridgehead atoms. The Bertz CT molecular complexity index is 984. The third-order valence-electron chi connectivity index (χ3n) is 4.69. The van der Waals surface area contributed by atoms with Crippen molar-refractivity contribution >= 4 is 33.0 Å². The van der Waals surface area contributed by atoms with Crippen molar-refractivity contribution < 1.29 is 12.8 Å². The summed E-state index contributed by atoms with van der Waals surface area (Å²) < 4.78 is 39.2. The monoisotopic (exact) mass is 437 g/mol. The summed E-state index contributed by atoms with van der Waals surface area (Å²) in [7, 11) is -3.56. The van der Waals surface area contributed by atoms with Gasteiger partial charge in [-0.05, 0) is 53.4 Å². The number of nitrogens with one attached hydrogen (secondary N) is 1. The number of nitrogens with zero attached hydrogens (tertiary/aromatic N) is 1. The molecule has 0 aliphatic rings. The van der Waals surface area contributed by atoms with Crippen molar-refractivity contribution in [3.05, 3.63) is 65.0 Å². The Morgan fingerprint density at radius 1 is 1.21 bits per heavy atom. The zero-order valence-corrected chi connectivity index (χ0v) is 19.0. The van der Waals surface area contributed by atoms with E-state index >= 15 is 0 Å². The molecule has 1 atom stereocenters. The van der Waals surface area contributed by atoms with Gasteiger partial charge in [0.15, 0.2) is 5.11 Å². The number of hydrogen-bond donors (Lipinski definition) is 2. The number of rotatable bonds is 6. The minimum Gasteiger partial charge on any atom is -0.376 e. The molecule has 0 amide bonds. The maximum atomic E-state index is 14.4. The van der Waals surface area contributed by atoms with Gasteiger partial charge in [-0.1, -0.05) is 51.1 Å². The van der Waals surface area contributed by atoms with Crippen molar-refractivity contribution in [2.45, 2.75) is 45.7 Å². The Morgan fingerprint density at radius 2 is 1.79 bits per heavy atom. The second-order valence-corrected chi connectivity index (χ2v) is 10.4. The fourth-order valence-electron chi connectivity index (χ4n) is 2.97. The van der Waals surface area contributed by atoms with Crippen LogP contribution in [0.4, 0.5) is 10.1 Å². The highest BCUT2D eigenvalue weighted by molar-refractivity contribution is 7.92. The normalized spacial score (nSPS) is 13.0. The zero-order chi connectivity index (χ0) is 22.0. The maximum Gasteiger partial charge on any atom is 0.229 e. The molecule has 0 aliphatic heterocycles. The van der Waals surface area contributed by atoms with Crippen molar-refractivity contribution in [3.63, 3.8) is 0 Å². The molecule has 158 valence electrons. The highest BCUT2D eigenvalue weighted by Crippen LogP contribution is 2.27. The van der Waals surface area contributed by atoms with Gasteiger partial charge >= 0.3 is 0 Å². The van der Waals surface area contributed by atoms with Crippen LogP contribution in [0.5, 0.6) is 0 Å². The number of anilines is 1. The van der Waals surface area contributed by atoms with Crippen LogP contribution >= 0.6 is 12.2 Å². The van der Waals surface area contributed by atoms with Crippen LogP contribution in [0.2, 0.25) is 0 Å². The summed E-state index contributed by atoms with van der Waals surface area (Å²) in [5.74, 6) is -0.655. The predicted octanol–water partition coefficient (Wildman–Crippen LogP) is 4.30. The molecule has 2 aromatic carbocycles. The highest BCUT2D eigenvalue weighted by Gasteiger charge is 2.20. The first-order valence-electron chi connectivity index (χ1n) is 9.20. The summed E-state index contributed by atoms with van der Waals surface area (Å²) in [5, 5.41) is 0.205. The van der Waals surface area contributed by atoms with E-state index in [4.69, 9.17) is 18.0 Å². The molecular weight excluding hydrogens is 409 g/mol. The summed E-state index contributed by atoms with van der Waals surface area (Å²) >= 11 is 5.23. The van der Waals surface area contributed by atoms with E-state index in [-0.39, 0.29) is 22.3 Å². The molecule has 1 unspecified atom stereocenters. The van der Waals surface area contributed by atoms with Crippen molar-refractivity contribution in [1.29, 1.82) is 0 Å².